The summed E-state index contributed by atoms with van der Waals surface area (Å²) in [5, 5.41) is 0. The Morgan fingerprint density at radius 3 is 2.31 bits per heavy atom. The molecular formula is C26H31BrN2O3. The molecule has 2 atom stereocenters. The van der Waals surface area contributed by atoms with Gasteiger partial charge in [0, 0.05) is 37.7 Å². The molecule has 4 rings (SSSR count). The molecule has 5 nitrogen and oxygen atoms in total. The molecule has 0 aromatic heterocycles. The van der Waals surface area contributed by atoms with Crippen molar-refractivity contribution >= 4 is 27.7 Å². The van der Waals surface area contributed by atoms with E-state index >= 15 is 0 Å². The number of carbonyl (C=O) groups is 2. The molecule has 6 heteroatoms. The lowest BCUT2D eigenvalue weighted by Crippen LogP contribution is -2.48. The zero-order chi connectivity index (χ0) is 22.5. The van der Waals surface area contributed by atoms with E-state index in [0.29, 0.717) is 37.6 Å². The number of rotatable bonds is 5. The molecule has 0 N–H and O–H groups in total. The monoisotopic (exact) mass is 498 g/mol. The third kappa shape index (κ3) is 5.34. The molecule has 2 amide bonds. The third-order valence-electron chi connectivity index (χ3n) is 6.53. The van der Waals surface area contributed by atoms with Gasteiger partial charge in [0.2, 0.25) is 12.0 Å². The van der Waals surface area contributed by atoms with Crippen molar-refractivity contribution in [3.63, 3.8) is 0 Å². The molecule has 0 radical (unpaired) electrons. The van der Waals surface area contributed by atoms with Crippen LogP contribution in [0, 0.1) is 11.8 Å². The Labute approximate surface area is 198 Å². The first-order valence-corrected chi connectivity index (χ1v) is 12.4. The molecule has 2 aromatic carbocycles. The van der Waals surface area contributed by atoms with Crippen LogP contribution in [0.1, 0.15) is 44.3 Å². The van der Waals surface area contributed by atoms with Crippen molar-refractivity contribution in [1.29, 1.82) is 0 Å². The molecule has 2 aliphatic rings. The van der Waals surface area contributed by atoms with Crippen LogP contribution in [0.5, 0.6) is 5.75 Å². The molecule has 2 heterocycles. The number of hydrogen-bond acceptors (Lipinski definition) is 3. The largest absolute Gasteiger partial charge is 0.475 e. The maximum absolute atomic E-state index is 13.5. The number of likely N-dealkylation sites (tertiary alicyclic amines) is 2. The fourth-order valence-electron chi connectivity index (χ4n) is 4.72. The summed E-state index contributed by atoms with van der Waals surface area (Å²) in [6.07, 6.45) is 3.01. The Morgan fingerprint density at radius 2 is 1.62 bits per heavy atom. The average molecular weight is 499 g/mol. The maximum Gasteiger partial charge on any atom is 0.268 e. The highest BCUT2D eigenvalue weighted by Gasteiger charge is 2.35. The molecule has 2 saturated heterocycles. The number of nitrogens with zero attached hydrogens (tertiary/aromatic N) is 2. The van der Waals surface area contributed by atoms with E-state index in [1.54, 1.807) is 0 Å². The Kier molecular flexibility index (Phi) is 7.51. The predicted molar refractivity (Wildman–Crippen MR) is 128 cm³/mol. The number of hydrogen-bond donors (Lipinski definition) is 0. The zero-order valence-electron chi connectivity index (χ0n) is 18.6. The molecular weight excluding hydrogens is 468 g/mol. The van der Waals surface area contributed by atoms with Gasteiger partial charge in [-0.3, -0.25) is 9.59 Å². The van der Waals surface area contributed by atoms with Crippen LogP contribution in [0.15, 0.2) is 59.1 Å². The van der Waals surface area contributed by atoms with Gasteiger partial charge in [0.1, 0.15) is 5.75 Å². The van der Waals surface area contributed by atoms with E-state index in [0.717, 1.165) is 29.5 Å². The second-order valence-electron chi connectivity index (χ2n) is 8.97. The standard InChI is InChI=1S/C26H31BrN2O3/c1-19-8-7-15-29(18-19)25(30)21-13-16-28(17-14-21)26(31)24(20-9-3-2-4-10-20)32-23-12-6-5-11-22(23)27/h2-6,9-12,19,21,24H,7-8,13-18H2,1H3. The van der Waals surface area contributed by atoms with Gasteiger partial charge in [-0.25, -0.2) is 0 Å². The average Bonchev–Trinajstić information content (AvgIpc) is 2.83. The highest BCUT2D eigenvalue weighted by molar-refractivity contribution is 9.10. The van der Waals surface area contributed by atoms with Gasteiger partial charge in [0.25, 0.3) is 5.91 Å². The Morgan fingerprint density at radius 1 is 0.938 bits per heavy atom. The van der Waals surface area contributed by atoms with Crippen molar-refractivity contribution in [1.82, 2.24) is 9.80 Å². The quantitative estimate of drug-likeness (QED) is 0.578. The number of para-hydroxylation sites is 1. The predicted octanol–water partition coefficient (Wildman–Crippen LogP) is 5.07. The Balaban J connectivity index is 1.43. The number of amides is 2. The summed E-state index contributed by atoms with van der Waals surface area (Å²) in [4.78, 5) is 30.4. The lowest BCUT2D eigenvalue weighted by Gasteiger charge is -2.38. The highest BCUT2D eigenvalue weighted by atomic mass is 79.9. The van der Waals surface area contributed by atoms with Crippen molar-refractivity contribution in [2.24, 2.45) is 11.8 Å². The minimum Gasteiger partial charge on any atom is -0.475 e. The zero-order valence-corrected chi connectivity index (χ0v) is 20.2. The highest BCUT2D eigenvalue weighted by Crippen LogP contribution is 2.31. The van der Waals surface area contributed by atoms with E-state index < -0.39 is 6.10 Å². The van der Waals surface area contributed by atoms with Crippen LogP contribution in [0.25, 0.3) is 0 Å². The van der Waals surface area contributed by atoms with Crippen LogP contribution in [-0.2, 0) is 9.59 Å². The van der Waals surface area contributed by atoms with Gasteiger partial charge in [0.05, 0.1) is 4.47 Å². The summed E-state index contributed by atoms with van der Waals surface area (Å²) < 4.78 is 7.03. The molecule has 2 aromatic rings. The minimum atomic E-state index is -0.718. The molecule has 0 spiro atoms. The van der Waals surface area contributed by atoms with Gasteiger partial charge in [-0.1, -0.05) is 49.4 Å². The number of piperidine rings is 2. The molecule has 170 valence electrons. The summed E-state index contributed by atoms with van der Waals surface area (Å²) in [6.45, 7) is 5.13. The first kappa shape index (κ1) is 22.8. The van der Waals surface area contributed by atoms with Crippen LogP contribution < -0.4 is 4.74 Å². The summed E-state index contributed by atoms with van der Waals surface area (Å²) in [7, 11) is 0. The second-order valence-corrected chi connectivity index (χ2v) is 9.82. The molecule has 2 aliphatic heterocycles. The fraction of sp³-hybridized carbons (Fsp3) is 0.462. The summed E-state index contributed by atoms with van der Waals surface area (Å²) in [5.41, 5.74) is 0.828. The molecule has 0 bridgehead atoms. The lowest BCUT2D eigenvalue weighted by atomic mass is 9.92. The molecule has 2 fully saturated rings. The molecule has 0 aliphatic carbocycles. The van der Waals surface area contributed by atoms with Crippen LogP contribution in [0.4, 0.5) is 0 Å². The summed E-state index contributed by atoms with van der Waals surface area (Å²) in [5.74, 6) is 1.45. The van der Waals surface area contributed by atoms with Crippen LogP contribution in [-0.4, -0.2) is 47.8 Å². The van der Waals surface area contributed by atoms with Crippen LogP contribution in [0.2, 0.25) is 0 Å². The van der Waals surface area contributed by atoms with Crippen molar-refractivity contribution in [2.75, 3.05) is 26.2 Å². The summed E-state index contributed by atoms with van der Waals surface area (Å²) >= 11 is 3.52. The number of carbonyl (C=O) groups excluding carboxylic acids is 2. The van der Waals surface area contributed by atoms with Gasteiger partial charge in [0.15, 0.2) is 0 Å². The lowest BCUT2D eigenvalue weighted by molar-refractivity contribution is -0.145. The van der Waals surface area contributed by atoms with Crippen molar-refractivity contribution in [3.05, 3.63) is 64.6 Å². The fourth-order valence-corrected chi connectivity index (χ4v) is 5.09. The van der Waals surface area contributed by atoms with Gasteiger partial charge in [-0.05, 0) is 59.7 Å². The van der Waals surface area contributed by atoms with Gasteiger partial charge in [-0.15, -0.1) is 0 Å². The first-order valence-electron chi connectivity index (χ1n) is 11.6. The van der Waals surface area contributed by atoms with Gasteiger partial charge in [-0.2, -0.15) is 0 Å². The Hall–Kier alpha value is -2.34. The number of benzene rings is 2. The van der Waals surface area contributed by atoms with Crippen molar-refractivity contribution < 1.29 is 14.3 Å². The maximum atomic E-state index is 13.5. The number of halogens is 1. The van der Waals surface area contributed by atoms with Gasteiger partial charge < -0.3 is 14.5 Å². The number of ether oxygens (including phenoxy) is 1. The van der Waals surface area contributed by atoms with E-state index in [1.807, 2.05) is 64.4 Å². The second kappa shape index (κ2) is 10.5. The first-order chi connectivity index (χ1) is 15.5. The minimum absolute atomic E-state index is 0.0173. The van der Waals surface area contributed by atoms with Crippen LogP contribution in [0.3, 0.4) is 0 Å². The van der Waals surface area contributed by atoms with Crippen molar-refractivity contribution in [2.45, 2.75) is 38.7 Å². The van der Waals surface area contributed by atoms with Crippen molar-refractivity contribution in [3.8, 4) is 5.75 Å². The smallest absolute Gasteiger partial charge is 0.268 e. The SMILES string of the molecule is CC1CCCN(C(=O)C2CCN(C(=O)C(Oc3ccccc3Br)c3ccccc3)CC2)C1. The Bertz CT molecular complexity index is 928. The molecule has 2 unspecified atom stereocenters. The topological polar surface area (TPSA) is 49.9 Å². The third-order valence-corrected chi connectivity index (χ3v) is 7.19. The molecule has 32 heavy (non-hydrogen) atoms. The van der Waals surface area contributed by atoms with E-state index in [1.165, 1.54) is 6.42 Å². The van der Waals surface area contributed by atoms with Gasteiger partial charge >= 0.3 is 0 Å². The van der Waals surface area contributed by atoms with E-state index in [4.69, 9.17) is 4.74 Å². The summed E-state index contributed by atoms with van der Waals surface area (Å²) in [6, 6.07) is 17.2. The molecule has 0 saturated carbocycles. The van der Waals surface area contributed by atoms with E-state index in [-0.39, 0.29) is 17.7 Å². The van der Waals surface area contributed by atoms with E-state index in [9.17, 15) is 9.59 Å². The van der Waals surface area contributed by atoms with Crippen LogP contribution >= 0.6 is 15.9 Å². The normalized spacial score (nSPS) is 20.6. The van der Waals surface area contributed by atoms with E-state index in [2.05, 4.69) is 22.9 Å².